The smallest absolute Gasteiger partial charge is 0.349 e. The summed E-state index contributed by atoms with van der Waals surface area (Å²) in [5.41, 5.74) is 0.230. The zero-order valence-electron chi connectivity index (χ0n) is 14.5. The molecule has 0 atom stereocenters. The third kappa shape index (κ3) is 3.09. The van der Waals surface area contributed by atoms with E-state index in [9.17, 15) is 18.7 Å². The Morgan fingerprint density at radius 3 is 2.64 bits per heavy atom. The van der Waals surface area contributed by atoms with Crippen molar-refractivity contribution in [3.63, 3.8) is 0 Å². The van der Waals surface area contributed by atoms with Crippen LogP contribution in [0.3, 0.4) is 0 Å². The molecule has 0 bridgehead atoms. The summed E-state index contributed by atoms with van der Waals surface area (Å²) in [4.78, 5) is 20.9. The highest BCUT2D eigenvalue weighted by Crippen LogP contribution is 2.27. The molecule has 0 N–H and O–H groups in total. The number of pyridine rings is 1. The number of halogens is 2. The van der Waals surface area contributed by atoms with Crippen molar-refractivity contribution in [1.82, 2.24) is 14.4 Å². The lowest BCUT2D eigenvalue weighted by Gasteiger charge is -2.17. The molecule has 0 aliphatic heterocycles. The van der Waals surface area contributed by atoms with Crippen LogP contribution in [0.15, 0.2) is 72.2 Å². The van der Waals surface area contributed by atoms with Crippen molar-refractivity contribution >= 4 is 5.65 Å². The van der Waals surface area contributed by atoms with Crippen molar-refractivity contribution in [2.24, 2.45) is 0 Å². The summed E-state index contributed by atoms with van der Waals surface area (Å²) in [7, 11) is 0. The van der Waals surface area contributed by atoms with E-state index in [0.29, 0.717) is 11.2 Å². The summed E-state index contributed by atoms with van der Waals surface area (Å²) in [6.45, 7) is 0.134. The Kier molecular flexibility index (Phi) is 4.52. The lowest BCUT2D eigenvalue weighted by molar-refractivity contribution is -0.708. The van der Waals surface area contributed by atoms with Crippen LogP contribution in [0, 0.1) is 0 Å². The van der Waals surface area contributed by atoms with Gasteiger partial charge >= 0.3 is 5.56 Å². The average molecular weight is 380 g/mol. The number of alkyl halides is 2. The monoisotopic (exact) mass is 380 g/mol. The van der Waals surface area contributed by atoms with E-state index in [1.54, 1.807) is 30.6 Å². The van der Waals surface area contributed by atoms with Crippen LogP contribution in [0.4, 0.5) is 8.78 Å². The van der Waals surface area contributed by atoms with Crippen molar-refractivity contribution in [3.8, 4) is 17.0 Å². The lowest BCUT2D eigenvalue weighted by atomic mass is 10.0. The molecule has 0 aliphatic carbocycles. The van der Waals surface area contributed by atoms with Gasteiger partial charge in [-0.3, -0.25) is 0 Å². The largest absolute Gasteiger partial charge is 0.842 e. The zero-order valence-corrected chi connectivity index (χ0v) is 14.5. The number of benzene rings is 1. The summed E-state index contributed by atoms with van der Waals surface area (Å²) >= 11 is 0. The van der Waals surface area contributed by atoms with Crippen LogP contribution in [-0.2, 0) is 6.54 Å². The van der Waals surface area contributed by atoms with Gasteiger partial charge in [0.2, 0.25) is 0 Å². The van der Waals surface area contributed by atoms with Gasteiger partial charge in [-0.1, -0.05) is 24.3 Å². The minimum Gasteiger partial charge on any atom is -0.842 e. The molecule has 6 nitrogen and oxygen atoms in total. The van der Waals surface area contributed by atoms with Crippen LogP contribution < -0.4 is 15.2 Å². The maximum atomic E-state index is 13.2. The first-order valence-electron chi connectivity index (χ1n) is 8.43. The minimum atomic E-state index is -2.70. The SMILES string of the molecule is O=c1c(-c2cccc(C(F)F)c2)c([O-])[n+](Cc2cncnc2)c2ccccn12. The van der Waals surface area contributed by atoms with Gasteiger partial charge in [0.15, 0.2) is 0 Å². The Hall–Kier alpha value is -3.68. The van der Waals surface area contributed by atoms with Gasteiger partial charge in [0, 0.05) is 29.6 Å². The molecular weight excluding hydrogens is 366 g/mol. The van der Waals surface area contributed by atoms with E-state index in [1.165, 1.54) is 45.8 Å². The Bertz CT molecular complexity index is 1210. The van der Waals surface area contributed by atoms with Gasteiger partial charge in [-0.2, -0.15) is 4.40 Å². The second-order valence-electron chi connectivity index (χ2n) is 6.17. The van der Waals surface area contributed by atoms with Gasteiger partial charge in [0.05, 0.1) is 12.1 Å². The highest BCUT2D eigenvalue weighted by Gasteiger charge is 2.21. The van der Waals surface area contributed by atoms with Gasteiger partial charge in [-0.25, -0.2) is 28.1 Å². The third-order valence-corrected chi connectivity index (χ3v) is 4.39. The molecule has 0 amide bonds. The third-order valence-electron chi connectivity index (χ3n) is 4.39. The van der Waals surface area contributed by atoms with Gasteiger partial charge in [0.25, 0.3) is 12.1 Å². The van der Waals surface area contributed by atoms with Crippen molar-refractivity contribution < 1.29 is 18.5 Å². The highest BCUT2D eigenvalue weighted by atomic mass is 19.3. The minimum absolute atomic E-state index is 0.134. The summed E-state index contributed by atoms with van der Waals surface area (Å²) in [5.74, 6) is -0.563. The zero-order chi connectivity index (χ0) is 19.7. The Morgan fingerprint density at radius 2 is 1.89 bits per heavy atom. The number of rotatable bonds is 4. The first-order chi connectivity index (χ1) is 13.6. The molecule has 140 valence electrons. The van der Waals surface area contributed by atoms with E-state index in [0.717, 1.165) is 0 Å². The average Bonchev–Trinajstić information content (AvgIpc) is 2.72. The molecular formula is C20H14F2N4O2. The fourth-order valence-corrected chi connectivity index (χ4v) is 3.10. The van der Waals surface area contributed by atoms with Crippen molar-refractivity contribution in [3.05, 3.63) is 88.9 Å². The first-order valence-corrected chi connectivity index (χ1v) is 8.43. The maximum Gasteiger partial charge on any atom is 0.349 e. The molecule has 0 radical (unpaired) electrons. The molecule has 4 aromatic rings. The van der Waals surface area contributed by atoms with E-state index >= 15 is 0 Å². The van der Waals surface area contributed by atoms with Crippen molar-refractivity contribution in [2.45, 2.75) is 13.0 Å². The van der Waals surface area contributed by atoms with Crippen LogP contribution in [0.25, 0.3) is 16.8 Å². The van der Waals surface area contributed by atoms with E-state index in [-0.39, 0.29) is 23.2 Å². The summed E-state index contributed by atoms with van der Waals surface area (Å²) < 4.78 is 28.9. The molecule has 0 aliphatic rings. The molecule has 0 spiro atoms. The number of aromatic nitrogens is 4. The molecule has 3 aromatic heterocycles. The van der Waals surface area contributed by atoms with Crippen LogP contribution in [0.5, 0.6) is 5.88 Å². The van der Waals surface area contributed by atoms with Gasteiger partial charge in [-0.15, -0.1) is 0 Å². The molecule has 1 aromatic carbocycles. The summed E-state index contributed by atoms with van der Waals surface area (Å²) in [6.07, 6.45) is 3.35. The fraction of sp³-hybridized carbons (Fsp3) is 0.100. The van der Waals surface area contributed by atoms with Crippen LogP contribution in [0.2, 0.25) is 0 Å². The van der Waals surface area contributed by atoms with Crippen molar-refractivity contribution in [1.29, 1.82) is 0 Å². The molecule has 28 heavy (non-hydrogen) atoms. The number of hydrogen-bond donors (Lipinski definition) is 0. The van der Waals surface area contributed by atoms with Gasteiger partial charge < -0.3 is 5.11 Å². The predicted molar refractivity (Wildman–Crippen MR) is 94.8 cm³/mol. The highest BCUT2D eigenvalue weighted by molar-refractivity contribution is 5.67. The van der Waals surface area contributed by atoms with Crippen LogP contribution >= 0.6 is 0 Å². The van der Waals surface area contributed by atoms with E-state index < -0.39 is 17.9 Å². The van der Waals surface area contributed by atoms with Crippen molar-refractivity contribution in [2.75, 3.05) is 0 Å². The Morgan fingerprint density at radius 1 is 1.11 bits per heavy atom. The molecule has 0 unspecified atom stereocenters. The molecule has 8 heteroatoms. The second kappa shape index (κ2) is 7.15. The van der Waals surface area contributed by atoms with Gasteiger partial charge in [0.1, 0.15) is 18.4 Å². The molecule has 0 saturated carbocycles. The Balaban J connectivity index is 2.00. The molecule has 0 saturated heterocycles. The molecule has 3 heterocycles. The predicted octanol–water partition coefficient (Wildman–Crippen LogP) is 2.10. The number of nitrogens with zero attached hydrogens (tertiary/aromatic N) is 4. The molecule has 0 fully saturated rings. The van der Waals surface area contributed by atoms with E-state index in [1.807, 2.05) is 0 Å². The fourth-order valence-electron chi connectivity index (χ4n) is 3.10. The summed E-state index contributed by atoms with van der Waals surface area (Å²) in [5, 5.41) is 13.2. The number of fused-ring (bicyclic) bond motifs is 1. The molecule has 4 rings (SSSR count). The normalized spacial score (nSPS) is 11.2. The summed E-state index contributed by atoms with van der Waals surface area (Å²) in [6, 6.07) is 10.3. The maximum absolute atomic E-state index is 13.2. The lowest BCUT2D eigenvalue weighted by Crippen LogP contribution is -2.44. The van der Waals surface area contributed by atoms with Crippen LogP contribution in [0.1, 0.15) is 17.6 Å². The van der Waals surface area contributed by atoms with Gasteiger partial charge in [-0.05, 0) is 17.7 Å². The quantitative estimate of drug-likeness (QED) is 0.508. The second-order valence-corrected chi connectivity index (χ2v) is 6.17. The van der Waals surface area contributed by atoms with E-state index in [2.05, 4.69) is 9.97 Å². The number of hydrogen-bond acceptors (Lipinski definition) is 4. The Labute approximate surface area is 158 Å². The van der Waals surface area contributed by atoms with E-state index in [4.69, 9.17) is 0 Å². The standard InChI is InChI=1S/C20H14F2N4O2/c21-18(22)15-5-3-4-14(8-15)17-19(27)25-7-2-1-6-16(25)26(20(17)28)11-13-9-23-12-24-10-13/h1-10,12,18H,11H2. The topological polar surface area (TPSA) is 74.2 Å². The van der Waals surface area contributed by atoms with Crippen LogP contribution in [-0.4, -0.2) is 14.4 Å². The first kappa shape index (κ1) is 17.7.